The fourth-order valence-corrected chi connectivity index (χ4v) is 9.28. The van der Waals surface area contributed by atoms with E-state index in [1.165, 1.54) is 70.6 Å². The third kappa shape index (κ3) is 5.00. The molecule has 32 heavy (non-hydrogen) atoms. The van der Waals surface area contributed by atoms with Gasteiger partial charge in [0.1, 0.15) is 0 Å². The van der Waals surface area contributed by atoms with Gasteiger partial charge in [0, 0.05) is 31.1 Å². The molecule has 4 aliphatic rings. The van der Waals surface area contributed by atoms with E-state index in [2.05, 4.69) is 54.5 Å². The molecular weight excluding hydrogens is 612 g/mol. The minimum absolute atomic E-state index is 0. The number of hydrogen-bond donors (Lipinski definition) is 1. The first-order chi connectivity index (χ1) is 14.2. The Morgan fingerprint density at radius 3 is 2.28 bits per heavy atom. The number of hydrogen-bond acceptors (Lipinski definition) is 1. The molecular formula is C30H55NU. The maximum atomic E-state index is 2.79. The maximum Gasteiger partial charge on any atom is 0 e. The van der Waals surface area contributed by atoms with Gasteiger partial charge in [-0.25, -0.2) is 0 Å². The molecule has 1 nitrogen and oxygen atoms in total. The van der Waals surface area contributed by atoms with Crippen LogP contribution in [0.4, 0.5) is 0 Å². The van der Waals surface area contributed by atoms with Gasteiger partial charge in [0.2, 0.25) is 0 Å². The van der Waals surface area contributed by atoms with Gasteiger partial charge in [0.25, 0.3) is 0 Å². The first kappa shape index (κ1) is 29.0. The molecule has 0 aromatic carbocycles. The smallest absolute Gasteiger partial charge is 0 e. The Kier molecular flexibility index (Phi) is 10.2. The summed E-state index contributed by atoms with van der Waals surface area (Å²) in [5.74, 6) is 7.61. The predicted molar refractivity (Wildman–Crippen MR) is 136 cm³/mol. The Hall–Kier alpha value is 0.752. The first-order valence-corrected chi connectivity index (χ1v) is 13.9. The predicted octanol–water partition coefficient (Wildman–Crippen LogP) is 9.46. The van der Waals surface area contributed by atoms with Crippen LogP contribution < -0.4 is 6.15 Å². The Balaban J connectivity index is 0.00000181. The van der Waals surface area contributed by atoms with Crippen LogP contribution in [0, 0.1) is 89.3 Å². The maximum absolute atomic E-state index is 2.79. The minimum Gasteiger partial charge on any atom is -0.344 e. The number of rotatable bonds is 6. The standard InChI is InChI=1S/C30H52.H3N.U/c1-8-21(4)23-15-17-29(6)24(19-23)11-12-25-27-14-13-26(22(5)10-9-20(2)3)30(27,7)18-16-28(25)29;;/h11,20-23,25-28H,8-10,12-19H2,1-7H3;1H3;/t21?,22?,23-,25?,26+,27?,28?,29-,30+;;/m0../s1. The van der Waals surface area contributed by atoms with Crippen LogP contribution in [0.5, 0.6) is 0 Å². The fraction of sp³-hybridized carbons (Fsp3) is 0.933. The second-order valence-corrected chi connectivity index (χ2v) is 13.3. The summed E-state index contributed by atoms with van der Waals surface area (Å²) in [4.78, 5) is 0. The van der Waals surface area contributed by atoms with Crippen molar-refractivity contribution in [2.45, 2.75) is 119 Å². The molecule has 0 aromatic rings. The Bertz CT molecular complexity index is 641. The third-order valence-corrected chi connectivity index (χ3v) is 11.6. The summed E-state index contributed by atoms with van der Waals surface area (Å²) in [5.41, 5.74) is 3.06. The summed E-state index contributed by atoms with van der Waals surface area (Å²) >= 11 is 0. The zero-order chi connectivity index (χ0) is 21.7. The van der Waals surface area contributed by atoms with E-state index in [0.717, 1.165) is 47.3 Å². The van der Waals surface area contributed by atoms with E-state index >= 15 is 0 Å². The average Bonchev–Trinajstić information content (AvgIpc) is 3.08. The summed E-state index contributed by atoms with van der Waals surface area (Å²) in [7, 11) is 0. The molecule has 2 heteroatoms. The molecule has 0 aliphatic heterocycles. The molecule has 0 saturated heterocycles. The van der Waals surface area contributed by atoms with Crippen LogP contribution in [-0.4, -0.2) is 0 Å². The monoisotopic (exact) mass is 667 g/mol. The van der Waals surface area contributed by atoms with Crippen molar-refractivity contribution in [3.8, 4) is 0 Å². The summed E-state index contributed by atoms with van der Waals surface area (Å²) in [5, 5.41) is 0. The van der Waals surface area contributed by atoms with E-state index in [1.54, 1.807) is 0 Å². The van der Waals surface area contributed by atoms with Crippen molar-refractivity contribution >= 4 is 0 Å². The molecule has 3 N–H and O–H groups in total. The normalized spacial score (nSPS) is 42.5. The second-order valence-electron chi connectivity index (χ2n) is 13.3. The second kappa shape index (κ2) is 11.2. The quantitative estimate of drug-likeness (QED) is 0.282. The van der Waals surface area contributed by atoms with E-state index in [9.17, 15) is 0 Å². The van der Waals surface area contributed by atoms with Gasteiger partial charge in [0.05, 0.1) is 0 Å². The average molecular weight is 668 g/mol. The Labute approximate surface area is 225 Å². The zero-order valence-electron chi connectivity index (χ0n) is 22.7. The molecule has 0 heterocycles. The van der Waals surface area contributed by atoms with E-state index in [0.29, 0.717) is 10.8 Å². The Morgan fingerprint density at radius 2 is 1.62 bits per heavy atom. The van der Waals surface area contributed by atoms with Crippen molar-refractivity contribution in [3.05, 3.63) is 11.6 Å². The zero-order valence-corrected chi connectivity index (χ0v) is 26.8. The van der Waals surface area contributed by atoms with Crippen LogP contribution in [0.3, 0.4) is 0 Å². The molecule has 184 valence electrons. The molecule has 9 atom stereocenters. The molecule has 0 aromatic heterocycles. The van der Waals surface area contributed by atoms with E-state index in [-0.39, 0.29) is 37.3 Å². The van der Waals surface area contributed by atoms with Crippen molar-refractivity contribution in [2.24, 2.45) is 58.2 Å². The molecule has 4 aliphatic carbocycles. The minimum atomic E-state index is 0. The van der Waals surface area contributed by atoms with Crippen LogP contribution in [0.25, 0.3) is 0 Å². The summed E-state index contributed by atoms with van der Waals surface area (Å²) in [6.07, 6.45) is 18.9. The van der Waals surface area contributed by atoms with Gasteiger partial charge >= 0.3 is 0 Å². The SMILES string of the molecule is CCC(C)[C@H]1CC[C@@]2(C)C(=CCC3C2CC[C@@]2(C)C3CC[C@@H]2C(C)CCC(C)C)C1.N.[U]. The summed E-state index contributed by atoms with van der Waals surface area (Å²) in [6.45, 7) is 17.7. The summed E-state index contributed by atoms with van der Waals surface area (Å²) < 4.78 is 0. The van der Waals surface area contributed by atoms with Crippen LogP contribution in [0.1, 0.15) is 119 Å². The van der Waals surface area contributed by atoms with Gasteiger partial charge < -0.3 is 6.15 Å². The van der Waals surface area contributed by atoms with Gasteiger partial charge in [0.15, 0.2) is 0 Å². The van der Waals surface area contributed by atoms with Crippen molar-refractivity contribution in [3.63, 3.8) is 0 Å². The summed E-state index contributed by atoms with van der Waals surface area (Å²) in [6, 6.07) is 0. The van der Waals surface area contributed by atoms with Crippen LogP contribution >= 0.6 is 0 Å². The molecule has 0 amide bonds. The molecule has 0 bridgehead atoms. The van der Waals surface area contributed by atoms with Gasteiger partial charge in [-0.15, -0.1) is 0 Å². The van der Waals surface area contributed by atoms with Crippen LogP contribution in [0.15, 0.2) is 11.6 Å². The largest absolute Gasteiger partial charge is 0.344 e. The van der Waals surface area contributed by atoms with E-state index in [4.69, 9.17) is 0 Å². The van der Waals surface area contributed by atoms with Crippen molar-refractivity contribution < 1.29 is 31.1 Å². The van der Waals surface area contributed by atoms with Crippen LogP contribution in [0.2, 0.25) is 0 Å². The molecule has 3 saturated carbocycles. The first-order valence-electron chi connectivity index (χ1n) is 13.9. The van der Waals surface area contributed by atoms with Gasteiger partial charge in [-0.1, -0.05) is 79.4 Å². The van der Waals surface area contributed by atoms with E-state index in [1.807, 2.05) is 5.57 Å². The Morgan fingerprint density at radius 1 is 0.906 bits per heavy atom. The van der Waals surface area contributed by atoms with Gasteiger partial charge in [-0.05, 0) is 110 Å². The molecule has 5 unspecified atom stereocenters. The third-order valence-electron chi connectivity index (χ3n) is 11.6. The van der Waals surface area contributed by atoms with Gasteiger partial charge in [-0.2, -0.15) is 0 Å². The van der Waals surface area contributed by atoms with Crippen molar-refractivity contribution in [2.75, 3.05) is 0 Å². The topological polar surface area (TPSA) is 35.0 Å². The van der Waals surface area contributed by atoms with E-state index < -0.39 is 0 Å². The fourth-order valence-electron chi connectivity index (χ4n) is 9.28. The molecule has 4 rings (SSSR count). The molecule has 3 fully saturated rings. The molecule has 0 radical (unpaired) electrons. The molecule has 0 spiro atoms. The van der Waals surface area contributed by atoms with Crippen molar-refractivity contribution in [1.82, 2.24) is 6.15 Å². The number of fused-ring (bicyclic) bond motifs is 5. The number of allylic oxidation sites excluding steroid dienone is 2. The van der Waals surface area contributed by atoms with Gasteiger partial charge in [-0.3, -0.25) is 0 Å². The van der Waals surface area contributed by atoms with Crippen molar-refractivity contribution in [1.29, 1.82) is 0 Å². The van der Waals surface area contributed by atoms with Crippen LogP contribution in [-0.2, 0) is 0 Å².